The third kappa shape index (κ3) is 3.75. The predicted octanol–water partition coefficient (Wildman–Crippen LogP) is 3.15. The summed E-state index contributed by atoms with van der Waals surface area (Å²) in [6.07, 6.45) is 2.02. The molecule has 1 aromatic heterocycles. The van der Waals surface area contributed by atoms with E-state index < -0.39 is 0 Å². The van der Waals surface area contributed by atoms with Crippen molar-refractivity contribution >= 4 is 40.0 Å². The molecule has 3 aromatic rings. The molecule has 0 aliphatic carbocycles. The number of carbonyl (C=O) groups excluding carboxylic acids is 3. The first-order chi connectivity index (χ1) is 14.0. The molecule has 3 N–H and O–H groups in total. The van der Waals surface area contributed by atoms with Crippen molar-refractivity contribution in [2.75, 3.05) is 17.2 Å². The van der Waals surface area contributed by atoms with Gasteiger partial charge in [-0.3, -0.25) is 14.4 Å². The molecule has 0 bridgehead atoms. The molecule has 1 aliphatic rings. The Hall–Kier alpha value is -3.87. The van der Waals surface area contributed by atoms with Crippen LogP contribution in [0.1, 0.15) is 27.3 Å². The topological polar surface area (TPSA) is 92.2 Å². The molecule has 0 saturated heterocycles. The third-order valence-electron chi connectivity index (χ3n) is 4.82. The number of carbonyl (C=O) groups is 3. The van der Waals surface area contributed by atoms with Crippen molar-refractivity contribution in [2.45, 2.75) is 13.0 Å². The van der Waals surface area contributed by atoms with Gasteiger partial charge in [-0.25, -0.2) is 0 Å². The first kappa shape index (κ1) is 18.5. The number of benzene rings is 2. The highest BCUT2D eigenvalue weighted by molar-refractivity contribution is 6.07. The van der Waals surface area contributed by atoms with Gasteiger partial charge in [0.1, 0.15) is 5.69 Å². The van der Waals surface area contributed by atoms with Crippen molar-refractivity contribution in [3.8, 4) is 0 Å². The van der Waals surface area contributed by atoms with Gasteiger partial charge in [0.2, 0.25) is 5.91 Å². The SMILES string of the molecule is C=CC(=O)Nc1cccc(NC(=O)c2ccc3cc4n(c3c2)CCCNC4=O)c1. The Labute approximate surface area is 167 Å². The molecule has 1 aliphatic heterocycles. The molecule has 0 atom stereocenters. The van der Waals surface area contributed by atoms with E-state index in [-0.39, 0.29) is 17.7 Å². The lowest BCUT2D eigenvalue weighted by Gasteiger charge is -2.09. The lowest BCUT2D eigenvalue weighted by Crippen LogP contribution is -2.22. The number of aryl methyl sites for hydroxylation is 1. The molecule has 0 fully saturated rings. The van der Waals surface area contributed by atoms with E-state index in [1.54, 1.807) is 36.4 Å². The molecule has 29 heavy (non-hydrogen) atoms. The molecule has 7 nitrogen and oxygen atoms in total. The van der Waals surface area contributed by atoms with Gasteiger partial charge in [0.05, 0.1) is 0 Å². The smallest absolute Gasteiger partial charge is 0.267 e. The summed E-state index contributed by atoms with van der Waals surface area (Å²) < 4.78 is 1.96. The first-order valence-corrected chi connectivity index (χ1v) is 9.31. The number of amides is 3. The number of nitrogens with one attached hydrogen (secondary N) is 3. The molecule has 2 aromatic carbocycles. The van der Waals surface area contributed by atoms with Crippen LogP contribution in [0, 0.1) is 0 Å². The molecule has 2 heterocycles. The summed E-state index contributed by atoms with van der Waals surface area (Å²) in [5, 5.41) is 9.30. The fraction of sp³-hybridized carbons (Fsp3) is 0.136. The summed E-state index contributed by atoms with van der Waals surface area (Å²) in [6, 6.07) is 14.1. The monoisotopic (exact) mass is 388 g/mol. The van der Waals surface area contributed by atoms with Crippen LogP contribution < -0.4 is 16.0 Å². The second-order valence-electron chi connectivity index (χ2n) is 6.79. The number of anilines is 2. The number of hydrogen-bond acceptors (Lipinski definition) is 3. The fourth-order valence-electron chi connectivity index (χ4n) is 3.43. The standard InChI is InChI=1S/C22H20N4O3/c1-2-20(27)24-16-5-3-6-17(13-16)25-21(28)15-8-7-14-11-19-22(29)23-9-4-10-26(19)18(14)12-15/h2-3,5-8,11-13H,1,4,9-10H2,(H,23,29)(H,24,27)(H,25,28). The van der Waals surface area contributed by atoms with E-state index >= 15 is 0 Å². The summed E-state index contributed by atoms with van der Waals surface area (Å²) in [5.41, 5.74) is 3.08. The summed E-state index contributed by atoms with van der Waals surface area (Å²) in [5.74, 6) is -0.687. The normalized spacial score (nSPS) is 13.2. The summed E-state index contributed by atoms with van der Waals surface area (Å²) in [6.45, 7) is 4.78. The van der Waals surface area contributed by atoms with Gasteiger partial charge in [-0.05, 0) is 48.9 Å². The molecule has 0 unspecified atom stereocenters. The minimum atomic E-state index is -0.322. The lowest BCUT2D eigenvalue weighted by molar-refractivity contribution is -0.111. The van der Waals surface area contributed by atoms with Gasteiger partial charge < -0.3 is 20.5 Å². The molecular weight excluding hydrogens is 368 g/mol. The summed E-state index contributed by atoms with van der Waals surface area (Å²) in [7, 11) is 0. The Balaban J connectivity index is 1.60. The van der Waals surface area contributed by atoms with Gasteiger partial charge in [-0.1, -0.05) is 18.7 Å². The number of fused-ring (bicyclic) bond motifs is 3. The zero-order valence-corrected chi connectivity index (χ0v) is 15.7. The number of nitrogens with zero attached hydrogens (tertiary/aromatic N) is 1. The van der Waals surface area contributed by atoms with Crippen LogP contribution in [-0.4, -0.2) is 28.8 Å². The Morgan fingerprint density at radius 3 is 2.66 bits per heavy atom. The zero-order chi connectivity index (χ0) is 20.4. The van der Waals surface area contributed by atoms with Crippen LogP contribution in [0.2, 0.25) is 0 Å². The largest absolute Gasteiger partial charge is 0.351 e. The molecule has 146 valence electrons. The predicted molar refractivity (Wildman–Crippen MR) is 112 cm³/mol. The van der Waals surface area contributed by atoms with Crippen molar-refractivity contribution in [1.29, 1.82) is 0 Å². The molecule has 0 radical (unpaired) electrons. The lowest BCUT2D eigenvalue weighted by atomic mass is 10.1. The van der Waals surface area contributed by atoms with E-state index in [1.807, 2.05) is 16.7 Å². The second kappa shape index (κ2) is 7.63. The average molecular weight is 388 g/mol. The van der Waals surface area contributed by atoms with Crippen molar-refractivity contribution in [3.63, 3.8) is 0 Å². The molecule has 4 rings (SSSR count). The van der Waals surface area contributed by atoms with Crippen LogP contribution in [-0.2, 0) is 11.3 Å². The molecule has 0 saturated carbocycles. The maximum Gasteiger partial charge on any atom is 0.267 e. The highest BCUT2D eigenvalue weighted by Crippen LogP contribution is 2.24. The maximum atomic E-state index is 12.8. The zero-order valence-electron chi connectivity index (χ0n) is 15.7. The minimum absolute atomic E-state index is 0.0944. The van der Waals surface area contributed by atoms with Gasteiger partial charge in [0.25, 0.3) is 11.8 Å². The quantitative estimate of drug-likeness (QED) is 0.600. The third-order valence-corrected chi connectivity index (χ3v) is 4.82. The highest BCUT2D eigenvalue weighted by atomic mass is 16.2. The van der Waals surface area contributed by atoms with Crippen LogP contribution >= 0.6 is 0 Å². The van der Waals surface area contributed by atoms with Crippen molar-refractivity contribution in [1.82, 2.24) is 9.88 Å². The van der Waals surface area contributed by atoms with Gasteiger partial charge in [0.15, 0.2) is 0 Å². The van der Waals surface area contributed by atoms with Crippen LogP contribution in [0.15, 0.2) is 61.2 Å². The maximum absolute atomic E-state index is 12.8. The Bertz CT molecular complexity index is 1150. The van der Waals surface area contributed by atoms with Crippen LogP contribution in [0.4, 0.5) is 11.4 Å². The van der Waals surface area contributed by atoms with Gasteiger partial charge >= 0.3 is 0 Å². The highest BCUT2D eigenvalue weighted by Gasteiger charge is 2.19. The van der Waals surface area contributed by atoms with Crippen LogP contribution in [0.5, 0.6) is 0 Å². The van der Waals surface area contributed by atoms with Crippen molar-refractivity contribution < 1.29 is 14.4 Å². The fourth-order valence-corrected chi connectivity index (χ4v) is 3.43. The minimum Gasteiger partial charge on any atom is -0.351 e. The number of aromatic nitrogens is 1. The van der Waals surface area contributed by atoms with Crippen molar-refractivity contribution in [2.24, 2.45) is 0 Å². The van der Waals surface area contributed by atoms with E-state index in [9.17, 15) is 14.4 Å². The molecule has 7 heteroatoms. The van der Waals surface area contributed by atoms with E-state index in [0.29, 0.717) is 35.7 Å². The van der Waals surface area contributed by atoms with Gasteiger partial charge in [-0.15, -0.1) is 0 Å². The summed E-state index contributed by atoms with van der Waals surface area (Å²) >= 11 is 0. The number of hydrogen-bond donors (Lipinski definition) is 3. The molecule has 0 spiro atoms. The molecular formula is C22H20N4O3. The first-order valence-electron chi connectivity index (χ1n) is 9.31. The Morgan fingerprint density at radius 2 is 1.86 bits per heavy atom. The van der Waals surface area contributed by atoms with Gasteiger partial charge in [-0.2, -0.15) is 0 Å². The Kier molecular flexibility index (Phi) is 4.87. The number of rotatable bonds is 4. The van der Waals surface area contributed by atoms with E-state index in [0.717, 1.165) is 17.3 Å². The average Bonchev–Trinajstić information content (AvgIpc) is 2.99. The van der Waals surface area contributed by atoms with E-state index in [2.05, 4.69) is 22.5 Å². The second-order valence-corrected chi connectivity index (χ2v) is 6.79. The van der Waals surface area contributed by atoms with E-state index in [4.69, 9.17) is 0 Å². The molecule has 3 amide bonds. The van der Waals surface area contributed by atoms with Gasteiger partial charge in [0, 0.05) is 40.9 Å². The van der Waals surface area contributed by atoms with E-state index in [1.165, 1.54) is 6.08 Å². The van der Waals surface area contributed by atoms with Crippen molar-refractivity contribution in [3.05, 3.63) is 72.4 Å². The Morgan fingerprint density at radius 1 is 1.07 bits per heavy atom. The summed E-state index contributed by atoms with van der Waals surface area (Å²) in [4.78, 5) is 36.4. The van der Waals surface area contributed by atoms with Crippen LogP contribution in [0.3, 0.4) is 0 Å². The van der Waals surface area contributed by atoms with Crippen LogP contribution in [0.25, 0.3) is 10.9 Å².